The zero-order valence-electron chi connectivity index (χ0n) is 25.5. The molecule has 0 spiro atoms. The minimum atomic E-state index is -1.02. The molecule has 4 amide bonds. The summed E-state index contributed by atoms with van der Waals surface area (Å²) in [6, 6.07) is 22.5. The first kappa shape index (κ1) is 31.7. The van der Waals surface area contributed by atoms with Gasteiger partial charge in [0.1, 0.15) is 29.9 Å². The van der Waals surface area contributed by atoms with Crippen molar-refractivity contribution in [1.82, 2.24) is 19.8 Å². The van der Waals surface area contributed by atoms with E-state index in [0.29, 0.717) is 55.4 Å². The highest BCUT2D eigenvalue weighted by molar-refractivity contribution is 5.95. The minimum absolute atomic E-state index is 0.0498. The number of para-hydroxylation sites is 1. The number of ether oxygens (including phenoxy) is 2. The van der Waals surface area contributed by atoms with Crippen LogP contribution in [0.15, 0.2) is 78.9 Å². The Morgan fingerprint density at radius 2 is 1.48 bits per heavy atom. The van der Waals surface area contributed by atoms with Gasteiger partial charge < -0.3 is 33.9 Å². The van der Waals surface area contributed by atoms with E-state index in [4.69, 9.17) is 20.7 Å². The monoisotopic (exact) mass is 625 g/mol. The largest absolute Gasteiger partial charge is 0.481 e. The van der Waals surface area contributed by atoms with Gasteiger partial charge in [-0.2, -0.15) is 5.06 Å². The van der Waals surface area contributed by atoms with Crippen LogP contribution in [0.4, 0.5) is 10.5 Å². The van der Waals surface area contributed by atoms with Crippen molar-refractivity contribution < 1.29 is 33.5 Å². The first-order valence-electron chi connectivity index (χ1n) is 14.9. The van der Waals surface area contributed by atoms with Crippen LogP contribution in [-0.2, 0) is 14.4 Å². The van der Waals surface area contributed by atoms with Gasteiger partial charge in [-0.3, -0.25) is 14.4 Å². The van der Waals surface area contributed by atoms with Crippen molar-refractivity contribution >= 4 is 30.0 Å². The number of anilines is 1. The van der Waals surface area contributed by atoms with Crippen LogP contribution in [0.25, 0.3) is 0 Å². The Morgan fingerprint density at radius 1 is 0.848 bits per heavy atom. The van der Waals surface area contributed by atoms with Crippen LogP contribution in [0.3, 0.4) is 0 Å². The van der Waals surface area contributed by atoms with Crippen molar-refractivity contribution in [3.05, 3.63) is 84.4 Å². The van der Waals surface area contributed by atoms with Crippen LogP contribution in [0.1, 0.15) is 10.4 Å². The molecule has 5 rings (SSSR count). The Kier molecular flexibility index (Phi) is 10.2. The maximum atomic E-state index is 13.4. The number of likely N-dealkylation sites (N-methyl/N-ethyl adjacent to an activating group) is 1. The molecule has 3 aromatic rings. The summed E-state index contributed by atoms with van der Waals surface area (Å²) in [6.07, 6.45) is 5.13. The van der Waals surface area contributed by atoms with Crippen molar-refractivity contribution in [3.8, 4) is 29.6 Å². The van der Waals surface area contributed by atoms with Crippen LogP contribution in [-0.4, -0.2) is 110 Å². The smallest absolute Gasteiger partial charge is 0.434 e. The number of hydrogen-bond acceptors (Lipinski definition) is 8. The normalized spacial score (nSPS) is 16.2. The molecule has 0 radical (unpaired) electrons. The summed E-state index contributed by atoms with van der Waals surface area (Å²) < 4.78 is 11.2. The number of nitrogens with zero attached hydrogens (tertiary/aromatic N) is 5. The van der Waals surface area contributed by atoms with Crippen molar-refractivity contribution in [2.45, 2.75) is 6.04 Å². The first-order chi connectivity index (χ1) is 22.4. The molecule has 2 aliphatic heterocycles. The van der Waals surface area contributed by atoms with Crippen LogP contribution < -0.4 is 14.4 Å². The molecule has 1 unspecified atom stereocenters. The average molecular weight is 626 g/mol. The topological polar surface area (TPSA) is 112 Å². The predicted octanol–water partition coefficient (Wildman–Crippen LogP) is 3.11. The number of terminal acetylenes is 1. The zero-order valence-corrected chi connectivity index (χ0v) is 25.5. The first-order valence-corrected chi connectivity index (χ1v) is 14.9. The quantitative estimate of drug-likeness (QED) is 0.213. The maximum absolute atomic E-state index is 13.4. The molecule has 238 valence electrons. The third kappa shape index (κ3) is 7.68. The van der Waals surface area contributed by atoms with Gasteiger partial charge in [0.25, 0.3) is 11.8 Å². The molecule has 12 heteroatoms. The number of hydrogen-bond donors (Lipinski definition) is 0. The van der Waals surface area contributed by atoms with Crippen LogP contribution in [0.2, 0.25) is 0 Å². The van der Waals surface area contributed by atoms with Gasteiger partial charge in [-0.15, -0.1) is 6.42 Å². The molecular formula is C34H35N5O7. The van der Waals surface area contributed by atoms with Gasteiger partial charge in [-0.1, -0.05) is 24.1 Å². The number of rotatable bonds is 8. The molecular weight excluding hydrogens is 590 g/mol. The second kappa shape index (κ2) is 14.9. The molecule has 2 saturated heterocycles. The van der Waals surface area contributed by atoms with Crippen molar-refractivity contribution in [3.63, 3.8) is 0 Å². The Morgan fingerprint density at radius 3 is 2.13 bits per heavy atom. The molecule has 46 heavy (non-hydrogen) atoms. The fraction of sp³-hybridized carbons (Fsp3) is 0.294. The van der Waals surface area contributed by atoms with E-state index >= 15 is 0 Å². The molecule has 0 saturated carbocycles. The van der Waals surface area contributed by atoms with Gasteiger partial charge >= 0.3 is 6.09 Å². The Bertz CT molecular complexity index is 1550. The summed E-state index contributed by atoms with van der Waals surface area (Å²) in [7, 11) is 1.33. The van der Waals surface area contributed by atoms with E-state index < -0.39 is 18.0 Å². The third-order valence-corrected chi connectivity index (χ3v) is 7.80. The van der Waals surface area contributed by atoms with Crippen LogP contribution in [0, 0.1) is 12.3 Å². The second-order valence-electron chi connectivity index (χ2n) is 10.7. The average Bonchev–Trinajstić information content (AvgIpc) is 3.10. The highest BCUT2D eigenvalue weighted by atomic mass is 16.7. The lowest BCUT2D eigenvalue weighted by Crippen LogP contribution is -2.60. The van der Waals surface area contributed by atoms with Gasteiger partial charge in [0, 0.05) is 57.6 Å². The SMILES string of the molecule is C#CCOc1ccc(N2CCN(C(=O)ON(C)C(=O)C3CN(C(=O)c4ccc(Oc5ccccc5)cc4)CCN3C=O)CC2)cc1. The van der Waals surface area contributed by atoms with Gasteiger partial charge in [0.2, 0.25) is 6.41 Å². The number of amides is 4. The summed E-state index contributed by atoms with van der Waals surface area (Å²) in [6.45, 7) is 2.45. The lowest BCUT2D eigenvalue weighted by Gasteiger charge is -2.40. The number of benzene rings is 3. The molecule has 0 bridgehead atoms. The molecule has 2 heterocycles. The summed E-state index contributed by atoms with van der Waals surface area (Å²) in [5, 5.41) is 0.842. The van der Waals surface area contributed by atoms with Gasteiger partial charge in [0.05, 0.1) is 6.54 Å². The van der Waals surface area contributed by atoms with Gasteiger partial charge in [0.15, 0.2) is 0 Å². The lowest BCUT2D eigenvalue weighted by atomic mass is 10.1. The van der Waals surface area contributed by atoms with Crippen molar-refractivity contribution in [2.75, 3.05) is 64.4 Å². The molecule has 0 N–H and O–H groups in total. The fourth-order valence-electron chi connectivity index (χ4n) is 5.26. The maximum Gasteiger partial charge on any atom is 0.434 e. The highest BCUT2D eigenvalue weighted by Gasteiger charge is 2.37. The minimum Gasteiger partial charge on any atom is -0.481 e. The fourth-order valence-corrected chi connectivity index (χ4v) is 5.26. The number of hydroxylamine groups is 2. The van der Waals surface area contributed by atoms with Gasteiger partial charge in [-0.25, -0.2) is 4.79 Å². The Hall–Kier alpha value is -5.70. The number of carbonyl (C=O) groups is 4. The molecule has 0 aromatic heterocycles. The molecule has 12 nitrogen and oxygen atoms in total. The van der Waals surface area contributed by atoms with E-state index in [1.54, 1.807) is 24.3 Å². The van der Waals surface area contributed by atoms with Gasteiger partial charge in [-0.05, 0) is 60.7 Å². The summed E-state index contributed by atoms with van der Waals surface area (Å²) in [5.41, 5.74) is 1.40. The second-order valence-corrected chi connectivity index (χ2v) is 10.7. The van der Waals surface area contributed by atoms with E-state index in [-0.39, 0.29) is 32.1 Å². The predicted molar refractivity (Wildman–Crippen MR) is 169 cm³/mol. The Balaban J connectivity index is 1.13. The number of piperazine rings is 2. The van der Waals surface area contributed by atoms with E-state index in [1.165, 1.54) is 21.7 Å². The molecule has 3 aromatic carbocycles. The van der Waals surface area contributed by atoms with Crippen molar-refractivity contribution in [1.29, 1.82) is 0 Å². The summed E-state index contributed by atoms with van der Waals surface area (Å²) in [4.78, 5) is 63.3. The third-order valence-electron chi connectivity index (χ3n) is 7.80. The molecule has 1 atom stereocenters. The van der Waals surface area contributed by atoms with E-state index in [1.807, 2.05) is 54.6 Å². The summed E-state index contributed by atoms with van der Waals surface area (Å²) >= 11 is 0. The molecule has 2 fully saturated rings. The van der Waals surface area contributed by atoms with Crippen molar-refractivity contribution in [2.24, 2.45) is 0 Å². The van der Waals surface area contributed by atoms with Crippen LogP contribution >= 0.6 is 0 Å². The lowest BCUT2D eigenvalue weighted by molar-refractivity contribution is -0.171. The molecule has 0 aliphatic carbocycles. The molecule has 2 aliphatic rings. The van der Waals surface area contributed by atoms with E-state index in [9.17, 15) is 19.2 Å². The summed E-state index contributed by atoms with van der Waals surface area (Å²) in [5.74, 6) is 3.46. The van der Waals surface area contributed by atoms with Crippen LogP contribution in [0.5, 0.6) is 17.2 Å². The highest BCUT2D eigenvalue weighted by Crippen LogP contribution is 2.23. The standard InChI is InChI=1S/C34H35N5O7/c1-3-23-44-28-15-11-27(12-16-28)36-17-19-37(20-18-36)34(43)46-35(2)33(42)31-24-38(21-22-39(31)25-40)32(41)26-9-13-30(14-10-26)45-29-7-5-4-6-8-29/h1,4-16,25,31H,17-24H2,2H3. The van der Waals surface area contributed by atoms with E-state index in [0.717, 1.165) is 10.8 Å². The van der Waals surface area contributed by atoms with E-state index in [2.05, 4.69) is 10.8 Å². The number of carbonyl (C=O) groups excluding carboxylic acids is 4. The Labute approximate surface area is 267 Å². The zero-order chi connectivity index (χ0) is 32.5.